The molecule has 1 aromatic carbocycles. The molecule has 2 aromatic rings. The monoisotopic (exact) mass is 353 g/mol. The highest BCUT2D eigenvalue weighted by molar-refractivity contribution is 5.94. The lowest BCUT2D eigenvalue weighted by Gasteiger charge is -2.41. The maximum absolute atomic E-state index is 12.9. The summed E-state index contributed by atoms with van der Waals surface area (Å²) >= 11 is 0. The number of benzene rings is 1. The smallest absolute Gasteiger partial charge is 0.227 e. The van der Waals surface area contributed by atoms with Gasteiger partial charge in [0.15, 0.2) is 0 Å². The summed E-state index contributed by atoms with van der Waals surface area (Å²) in [6, 6.07) is 13.0. The summed E-state index contributed by atoms with van der Waals surface area (Å²) in [5.74, 6) is 0.211. The van der Waals surface area contributed by atoms with Gasteiger partial charge in [-0.05, 0) is 55.1 Å². The lowest BCUT2D eigenvalue weighted by molar-refractivity contribution is -0.119. The Balaban J connectivity index is 2.02. The van der Waals surface area contributed by atoms with E-state index < -0.39 is 6.10 Å². The fourth-order valence-electron chi connectivity index (χ4n) is 3.78. The number of rotatable bonds is 6. The lowest BCUT2D eigenvalue weighted by atomic mass is 9.84. The number of hydrogen-bond acceptors (Lipinski definition) is 4. The number of nitrogens with zero attached hydrogens (tertiary/aromatic N) is 2. The van der Waals surface area contributed by atoms with Crippen molar-refractivity contribution < 1.29 is 9.90 Å². The summed E-state index contributed by atoms with van der Waals surface area (Å²) in [5.41, 5.74) is 1.63. The Bertz CT molecular complexity index is 687. The fraction of sp³-hybridized carbons (Fsp3) is 0.429. The minimum absolute atomic E-state index is 0.0277. The average molecular weight is 353 g/mol. The Morgan fingerprint density at radius 2 is 2.00 bits per heavy atom. The number of carbonyl (C=O) groups excluding carboxylic acids is 1. The van der Waals surface area contributed by atoms with Crippen molar-refractivity contribution in [3.63, 3.8) is 0 Å². The van der Waals surface area contributed by atoms with Gasteiger partial charge in [-0.1, -0.05) is 25.1 Å². The highest BCUT2D eigenvalue weighted by atomic mass is 16.3. The molecule has 26 heavy (non-hydrogen) atoms. The van der Waals surface area contributed by atoms with E-state index in [-0.39, 0.29) is 17.9 Å². The predicted molar refractivity (Wildman–Crippen MR) is 103 cm³/mol. The van der Waals surface area contributed by atoms with Crippen molar-refractivity contribution in [2.45, 2.75) is 38.3 Å². The number of amides is 1. The molecular weight excluding hydrogens is 326 g/mol. The number of hydrogen-bond donors (Lipinski definition) is 2. The number of aromatic nitrogens is 1. The van der Waals surface area contributed by atoms with Gasteiger partial charge in [0.2, 0.25) is 5.91 Å². The molecular formula is C21H27N3O2. The van der Waals surface area contributed by atoms with E-state index in [0.717, 1.165) is 37.2 Å². The molecule has 3 rings (SSSR count). The number of anilines is 1. The van der Waals surface area contributed by atoms with Crippen LogP contribution in [0.25, 0.3) is 0 Å². The number of aliphatic hydroxyl groups is 1. The Morgan fingerprint density at radius 1 is 1.27 bits per heavy atom. The molecule has 1 aliphatic rings. The van der Waals surface area contributed by atoms with Gasteiger partial charge in [-0.25, -0.2) is 0 Å². The molecule has 3 atom stereocenters. The van der Waals surface area contributed by atoms with Gasteiger partial charge < -0.3 is 15.3 Å². The molecule has 5 nitrogen and oxygen atoms in total. The van der Waals surface area contributed by atoms with E-state index in [9.17, 15) is 9.90 Å². The third kappa shape index (κ3) is 4.11. The van der Waals surface area contributed by atoms with Gasteiger partial charge in [0, 0.05) is 31.0 Å². The quantitative estimate of drug-likeness (QED) is 0.838. The average Bonchev–Trinajstić information content (AvgIpc) is 2.73. The van der Waals surface area contributed by atoms with Crippen molar-refractivity contribution in [2.24, 2.45) is 5.92 Å². The van der Waals surface area contributed by atoms with Gasteiger partial charge in [0.25, 0.3) is 0 Å². The molecule has 0 aliphatic carbocycles. The summed E-state index contributed by atoms with van der Waals surface area (Å²) in [6.45, 7) is 3.65. The number of piperidine rings is 1. The standard InChI is InChI=1S/C21H27N3O2/c1-2-19(25)24(18-8-4-3-5-9-18)20(17-7-6-12-23-15-17)21(26)16-10-13-22-14-11-16/h3-5,8-11,13-14,17,20-21,23,26H,2,6-7,12,15H2,1H3. The maximum atomic E-state index is 12.9. The second kappa shape index (κ2) is 8.92. The molecule has 0 saturated carbocycles. The van der Waals surface area contributed by atoms with Gasteiger partial charge in [0.05, 0.1) is 6.04 Å². The molecule has 0 bridgehead atoms. The molecule has 0 radical (unpaired) electrons. The minimum atomic E-state index is -0.765. The van der Waals surface area contributed by atoms with E-state index in [2.05, 4.69) is 10.3 Å². The first-order valence-electron chi connectivity index (χ1n) is 9.38. The van der Waals surface area contributed by atoms with Crippen molar-refractivity contribution >= 4 is 11.6 Å². The zero-order valence-corrected chi connectivity index (χ0v) is 15.2. The van der Waals surface area contributed by atoms with E-state index >= 15 is 0 Å². The Kier molecular flexibility index (Phi) is 6.36. The summed E-state index contributed by atoms with van der Waals surface area (Å²) in [4.78, 5) is 18.8. The molecule has 2 N–H and O–H groups in total. The van der Waals surface area contributed by atoms with E-state index in [1.165, 1.54) is 0 Å². The van der Waals surface area contributed by atoms with Crippen LogP contribution < -0.4 is 10.2 Å². The Labute approximate surface area is 155 Å². The zero-order valence-electron chi connectivity index (χ0n) is 15.2. The van der Waals surface area contributed by atoms with Crippen molar-refractivity contribution in [3.05, 3.63) is 60.4 Å². The minimum Gasteiger partial charge on any atom is -0.386 e. The molecule has 138 valence electrons. The van der Waals surface area contributed by atoms with Gasteiger partial charge in [-0.2, -0.15) is 0 Å². The first kappa shape index (κ1) is 18.5. The van der Waals surface area contributed by atoms with Crippen LogP contribution in [0.2, 0.25) is 0 Å². The van der Waals surface area contributed by atoms with Crippen molar-refractivity contribution in [3.8, 4) is 0 Å². The van der Waals surface area contributed by atoms with E-state index in [4.69, 9.17) is 0 Å². The molecule has 0 spiro atoms. The third-order valence-corrected chi connectivity index (χ3v) is 5.09. The summed E-state index contributed by atoms with van der Waals surface area (Å²) < 4.78 is 0. The van der Waals surface area contributed by atoms with E-state index in [1.54, 1.807) is 12.4 Å². The molecule has 1 aromatic heterocycles. The second-order valence-corrected chi connectivity index (χ2v) is 6.78. The number of carbonyl (C=O) groups is 1. The van der Waals surface area contributed by atoms with Crippen LogP contribution in [0.4, 0.5) is 5.69 Å². The molecule has 1 fully saturated rings. The molecule has 1 saturated heterocycles. The van der Waals surface area contributed by atoms with Crippen LogP contribution in [0.3, 0.4) is 0 Å². The van der Waals surface area contributed by atoms with Crippen LogP contribution in [-0.4, -0.2) is 35.1 Å². The Hall–Kier alpha value is -2.24. The van der Waals surface area contributed by atoms with Crippen LogP contribution >= 0.6 is 0 Å². The van der Waals surface area contributed by atoms with Gasteiger partial charge in [-0.15, -0.1) is 0 Å². The van der Waals surface area contributed by atoms with Gasteiger partial charge >= 0.3 is 0 Å². The third-order valence-electron chi connectivity index (χ3n) is 5.09. The highest BCUT2D eigenvalue weighted by Crippen LogP contribution is 2.33. The fourth-order valence-corrected chi connectivity index (χ4v) is 3.78. The molecule has 3 unspecified atom stereocenters. The summed E-state index contributed by atoms with van der Waals surface area (Å²) in [6.07, 6.45) is 5.03. The van der Waals surface area contributed by atoms with Crippen LogP contribution in [0.1, 0.15) is 37.9 Å². The first-order chi connectivity index (χ1) is 12.7. The topological polar surface area (TPSA) is 65.5 Å². The summed E-state index contributed by atoms with van der Waals surface area (Å²) in [5, 5.41) is 14.7. The second-order valence-electron chi connectivity index (χ2n) is 6.78. The maximum Gasteiger partial charge on any atom is 0.227 e. The van der Waals surface area contributed by atoms with Crippen molar-refractivity contribution in [1.29, 1.82) is 0 Å². The molecule has 5 heteroatoms. The van der Waals surface area contributed by atoms with Crippen molar-refractivity contribution in [1.82, 2.24) is 10.3 Å². The predicted octanol–water partition coefficient (Wildman–Crippen LogP) is 2.93. The van der Waals surface area contributed by atoms with Crippen molar-refractivity contribution in [2.75, 3.05) is 18.0 Å². The summed E-state index contributed by atoms with van der Waals surface area (Å²) in [7, 11) is 0. The first-order valence-corrected chi connectivity index (χ1v) is 9.38. The van der Waals surface area contributed by atoms with E-state index in [1.807, 2.05) is 54.3 Å². The SMILES string of the molecule is CCC(=O)N(c1ccccc1)C(C1CCCNC1)C(O)c1ccncc1. The zero-order chi connectivity index (χ0) is 18.4. The molecule has 2 heterocycles. The van der Waals surface area contributed by atoms with Crippen LogP contribution in [-0.2, 0) is 4.79 Å². The van der Waals surface area contributed by atoms with Gasteiger partial charge in [0.1, 0.15) is 6.10 Å². The number of aliphatic hydroxyl groups excluding tert-OH is 1. The van der Waals surface area contributed by atoms with Gasteiger partial charge in [-0.3, -0.25) is 9.78 Å². The van der Waals surface area contributed by atoms with Crippen LogP contribution in [0.15, 0.2) is 54.9 Å². The largest absolute Gasteiger partial charge is 0.386 e. The number of pyridine rings is 1. The normalized spacial score (nSPS) is 19.5. The molecule has 1 amide bonds. The van der Waals surface area contributed by atoms with E-state index in [0.29, 0.717) is 6.42 Å². The van der Waals surface area contributed by atoms with Crippen LogP contribution in [0.5, 0.6) is 0 Å². The highest BCUT2D eigenvalue weighted by Gasteiger charge is 2.37. The van der Waals surface area contributed by atoms with Crippen LogP contribution in [0, 0.1) is 5.92 Å². The lowest BCUT2D eigenvalue weighted by Crippen LogP contribution is -2.52. The molecule has 1 aliphatic heterocycles. The Morgan fingerprint density at radius 3 is 2.62 bits per heavy atom. The number of nitrogens with one attached hydrogen (secondary N) is 1. The number of para-hydroxylation sites is 1.